The maximum Gasteiger partial charge on any atom is 0.282 e. The van der Waals surface area contributed by atoms with Crippen LogP contribution in [0.4, 0.5) is 5.69 Å². The number of nitrogens with one attached hydrogen (secondary N) is 1. The van der Waals surface area contributed by atoms with E-state index in [1.807, 2.05) is 13.0 Å². The van der Waals surface area contributed by atoms with E-state index >= 15 is 0 Å². The third kappa shape index (κ3) is 3.10. The molecule has 0 fully saturated rings. The molecule has 0 aliphatic heterocycles. The molecule has 0 atom stereocenters. The summed E-state index contributed by atoms with van der Waals surface area (Å²) in [5.74, 6) is 0. The summed E-state index contributed by atoms with van der Waals surface area (Å²) in [5.41, 5.74) is 1.38. The number of sulfonamides is 1. The molecule has 1 heterocycles. The van der Waals surface area contributed by atoms with Crippen LogP contribution < -0.4 is 4.72 Å². The van der Waals surface area contributed by atoms with Gasteiger partial charge in [0, 0.05) is 11.5 Å². The number of hydrogen-bond donors (Lipinski definition) is 1. The molecule has 19 heavy (non-hydrogen) atoms. The summed E-state index contributed by atoms with van der Waals surface area (Å²) >= 11 is 9.21. The van der Waals surface area contributed by atoms with E-state index in [1.54, 1.807) is 19.2 Å². The predicted octanol–water partition coefficient (Wildman–Crippen LogP) is 2.95. The standard InChI is InChI=1S/C11H11BrClN3O2S/c1-7-3-8(12)5-9(4-7)15-19(17,18)11-10(13)16(2)6-14-11/h3-6,15H,1-2H3. The van der Waals surface area contributed by atoms with Crippen LogP contribution in [0.15, 0.2) is 34.0 Å². The minimum atomic E-state index is -3.79. The fourth-order valence-electron chi connectivity index (χ4n) is 1.57. The van der Waals surface area contributed by atoms with Gasteiger partial charge in [0.2, 0.25) is 5.03 Å². The smallest absolute Gasteiger partial charge is 0.282 e. The minimum absolute atomic E-state index is 0.0687. The van der Waals surface area contributed by atoms with Gasteiger partial charge in [-0.05, 0) is 30.7 Å². The van der Waals surface area contributed by atoms with Crippen molar-refractivity contribution in [3.8, 4) is 0 Å². The highest BCUT2D eigenvalue weighted by Crippen LogP contribution is 2.24. The highest BCUT2D eigenvalue weighted by Gasteiger charge is 2.22. The number of halogens is 2. The van der Waals surface area contributed by atoms with Gasteiger partial charge in [0.05, 0.1) is 12.0 Å². The molecule has 0 spiro atoms. The van der Waals surface area contributed by atoms with Crippen molar-refractivity contribution in [3.63, 3.8) is 0 Å². The number of aryl methyl sites for hydroxylation is 2. The SMILES string of the molecule is Cc1cc(Br)cc(NS(=O)(=O)c2ncn(C)c2Cl)c1. The molecule has 1 aromatic heterocycles. The van der Waals surface area contributed by atoms with Crippen LogP contribution in [0.2, 0.25) is 5.15 Å². The van der Waals surface area contributed by atoms with Crippen LogP contribution in [0.1, 0.15) is 5.56 Å². The lowest BCUT2D eigenvalue weighted by Crippen LogP contribution is -2.14. The van der Waals surface area contributed by atoms with Crippen molar-refractivity contribution < 1.29 is 8.42 Å². The summed E-state index contributed by atoms with van der Waals surface area (Å²) in [6.45, 7) is 1.87. The molecular formula is C11H11BrClN3O2S. The van der Waals surface area contributed by atoms with E-state index in [0.717, 1.165) is 10.0 Å². The molecule has 0 radical (unpaired) electrons. The van der Waals surface area contributed by atoms with Crippen LogP contribution in [0.5, 0.6) is 0 Å². The Morgan fingerprint density at radius 2 is 2.05 bits per heavy atom. The van der Waals surface area contributed by atoms with E-state index in [2.05, 4.69) is 25.6 Å². The first-order valence-corrected chi connectivity index (χ1v) is 7.92. The lowest BCUT2D eigenvalue weighted by atomic mass is 10.2. The van der Waals surface area contributed by atoms with Crippen LogP contribution in [-0.2, 0) is 17.1 Å². The van der Waals surface area contributed by atoms with Crippen LogP contribution >= 0.6 is 27.5 Å². The molecule has 0 aliphatic carbocycles. The summed E-state index contributed by atoms with van der Waals surface area (Å²) in [5, 5.41) is -0.117. The second-order valence-corrected chi connectivity index (χ2v) is 6.95. The number of imidazole rings is 1. The van der Waals surface area contributed by atoms with E-state index in [4.69, 9.17) is 11.6 Å². The first-order valence-electron chi connectivity index (χ1n) is 5.26. The van der Waals surface area contributed by atoms with Crippen LogP contribution in [0.25, 0.3) is 0 Å². The van der Waals surface area contributed by atoms with Gasteiger partial charge >= 0.3 is 0 Å². The molecule has 0 saturated heterocycles. The Balaban J connectivity index is 2.39. The summed E-state index contributed by atoms with van der Waals surface area (Å²) in [6.07, 6.45) is 1.35. The molecule has 8 heteroatoms. The zero-order valence-electron chi connectivity index (χ0n) is 10.2. The zero-order chi connectivity index (χ0) is 14.2. The van der Waals surface area contributed by atoms with Crippen molar-refractivity contribution in [2.75, 3.05) is 4.72 Å². The number of nitrogens with zero attached hydrogens (tertiary/aromatic N) is 2. The Hall–Kier alpha value is -1.05. The molecule has 2 rings (SSSR count). The fraction of sp³-hybridized carbons (Fsp3) is 0.182. The van der Waals surface area contributed by atoms with Gasteiger partial charge in [-0.2, -0.15) is 8.42 Å². The molecule has 0 aliphatic rings. The molecule has 0 bridgehead atoms. The Morgan fingerprint density at radius 1 is 1.37 bits per heavy atom. The zero-order valence-corrected chi connectivity index (χ0v) is 13.3. The first kappa shape index (κ1) is 14.4. The average molecular weight is 365 g/mol. The number of hydrogen-bond acceptors (Lipinski definition) is 3. The van der Waals surface area contributed by atoms with Gasteiger partial charge in [0.15, 0.2) is 0 Å². The largest absolute Gasteiger partial charge is 0.324 e. The second-order valence-electron chi connectivity index (χ2n) is 4.07. The molecule has 102 valence electrons. The highest BCUT2D eigenvalue weighted by molar-refractivity contribution is 9.10. The van der Waals surface area contributed by atoms with Gasteiger partial charge in [-0.25, -0.2) is 4.98 Å². The van der Waals surface area contributed by atoms with Crippen LogP contribution in [0.3, 0.4) is 0 Å². The Labute approximate surface area is 124 Å². The van der Waals surface area contributed by atoms with Crippen molar-refractivity contribution in [2.45, 2.75) is 11.9 Å². The van der Waals surface area contributed by atoms with Crippen molar-refractivity contribution >= 4 is 43.2 Å². The molecular weight excluding hydrogens is 354 g/mol. The van der Waals surface area contributed by atoms with E-state index in [9.17, 15) is 8.42 Å². The highest BCUT2D eigenvalue weighted by atomic mass is 79.9. The molecule has 0 unspecified atom stereocenters. The molecule has 2 aromatic rings. The Bertz CT molecular complexity index is 707. The van der Waals surface area contributed by atoms with Gasteiger partial charge in [0.1, 0.15) is 5.15 Å². The number of anilines is 1. The van der Waals surface area contributed by atoms with E-state index in [1.165, 1.54) is 10.9 Å². The molecule has 1 aromatic carbocycles. The topological polar surface area (TPSA) is 64.0 Å². The summed E-state index contributed by atoms with van der Waals surface area (Å²) in [4.78, 5) is 3.80. The summed E-state index contributed by atoms with van der Waals surface area (Å²) in [7, 11) is -2.17. The van der Waals surface area contributed by atoms with Crippen molar-refractivity contribution in [1.29, 1.82) is 0 Å². The molecule has 0 amide bonds. The van der Waals surface area contributed by atoms with Crippen molar-refractivity contribution in [3.05, 3.63) is 39.7 Å². The fourth-order valence-corrected chi connectivity index (χ4v) is 3.65. The van der Waals surface area contributed by atoms with E-state index in [0.29, 0.717) is 5.69 Å². The minimum Gasteiger partial charge on any atom is -0.324 e. The normalized spacial score (nSPS) is 11.6. The molecule has 5 nitrogen and oxygen atoms in total. The third-order valence-electron chi connectivity index (χ3n) is 2.38. The monoisotopic (exact) mass is 363 g/mol. The van der Waals surface area contributed by atoms with Crippen LogP contribution in [0, 0.1) is 6.92 Å². The maximum absolute atomic E-state index is 12.2. The molecule has 0 saturated carbocycles. The predicted molar refractivity (Wildman–Crippen MR) is 77.9 cm³/mol. The van der Waals surface area contributed by atoms with E-state index < -0.39 is 10.0 Å². The van der Waals surface area contributed by atoms with E-state index in [-0.39, 0.29) is 10.2 Å². The van der Waals surface area contributed by atoms with Crippen LogP contribution in [-0.4, -0.2) is 18.0 Å². The second kappa shape index (κ2) is 5.15. The lowest BCUT2D eigenvalue weighted by Gasteiger charge is -2.08. The third-order valence-corrected chi connectivity index (χ3v) is 4.71. The molecule has 1 N–H and O–H groups in total. The average Bonchev–Trinajstić information content (AvgIpc) is 2.57. The number of aromatic nitrogens is 2. The van der Waals surface area contributed by atoms with Gasteiger partial charge < -0.3 is 4.57 Å². The quantitative estimate of drug-likeness (QED) is 0.910. The Kier molecular flexibility index (Phi) is 3.89. The van der Waals surface area contributed by atoms with Gasteiger partial charge in [-0.1, -0.05) is 27.5 Å². The maximum atomic E-state index is 12.2. The summed E-state index contributed by atoms with van der Waals surface area (Å²) < 4.78 is 29.0. The lowest BCUT2D eigenvalue weighted by molar-refractivity contribution is 0.598. The van der Waals surface area contributed by atoms with Crippen molar-refractivity contribution in [2.24, 2.45) is 7.05 Å². The summed E-state index contributed by atoms with van der Waals surface area (Å²) in [6, 6.07) is 5.27. The Morgan fingerprint density at radius 3 is 2.58 bits per heavy atom. The van der Waals surface area contributed by atoms with Crippen molar-refractivity contribution in [1.82, 2.24) is 9.55 Å². The van der Waals surface area contributed by atoms with Gasteiger partial charge in [-0.3, -0.25) is 4.72 Å². The first-order chi connectivity index (χ1) is 8.79. The van der Waals surface area contributed by atoms with Gasteiger partial charge in [0.25, 0.3) is 10.0 Å². The number of benzene rings is 1. The number of rotatable bonds is 3. The van der Waals surface area contributed by atoms with Gasteiger partial charge in [-0.15, -0.1) is 0 Å².